The van der Waals surface area contributed by atoms with Gasteiger partial charge >= 0.3 is 6.03 Å². The molecule has 0 aromatic heterocycles. The van der Waals surface area contributed by atoms with E-state index in [1.807, 2.05) is 69.3 Å². The van der Waals surface area contributed by atoms with Gasteiger partial charge < -0.3 is 19.5 Å². The number of aryl methyl sites for hydroxylation is 1. The van der Waals surface area contributed by atoms with Crippen LogP contribution < -0.4 is 19.5 Å². The Morgan fingerprint density at radius 1 is 1.14 bits per heavy atom. The van der Waals surface area contributed by atoms with E-state index in [0.29, 0.717) is 34.5 Å². The number of hydrogen-bond acceptors (Lipinski definition) is 5. The Labute approximate surface area is 209 Å². The smallest absolute Gasteiger partial charge is 0.342 e. The molecule has 0 radical (unpaired) electrons. The summed E-state index contributed by atoms with van der Waals surface area (Å²) in [6.07, 6.45) is 0. The molecular weight excluding hydrogens is 466 g/mol. The minimum Gasteiger partial charge on any atom is -0.493 e. The lowest BCUT2D eigenvalue weighted by atomic mass is 9.90. The monoisotopic (exact) mass is 491 g/mol. The number of nitrogens with one attached hydrogen (secondary N) is 1. The summed E-state index contributed by atoms with van der Waals surface area (Å²) in [4.78, 5) is 13.3. The molecule has 3 aromatic carbocycles. The third-order valence-corrected chi connectivity index (χ3v) is 6.32. The van der Waals surface area contributed by atoms with Crippen molar-refractivity contribution in [3.05, 3.63) is 82.4 Å². The quantitative estimate of drug-likeness (QED) is 0.471. The lowest BCUT2D eigenvalue weighted by Crippen LogP contribution is -2.30. The van der Waals surface area contributed by atoms with Crippen molar-refractivity contribution in [2.45, 2.75) is 32.5 Å². The molecule has 2 amide bonds. The minimum atomic E-state index is -0.817. The maximum Gasteiger partial charge on any atom is 0.342 e. The van der Waals surface area contributed by atoms with Crippen molar-refractivity contribution in [2.75, 3.05) is 19.0 Å². The number of anilines is 1. The molecule has 2 aliphatic rings. The highest BCUT2D eigenvalue weighted by Gasteiger charge is 2.36. The second-order valence-electron chi connectivity index (χ2n) is 9.05. The largest absolute Gasteiger partial charge is 0.493 e. The van der Waals surface area contributed by atoms with Gasteiger partial charge in [-0.2, -0.15) is 5.10 Å². The number of amides is 2. The van der Waals surface area contributed by atoms with E-state index in [-0.39, 0.29) is 11.9 Å². The SMILES string of the molecule is COc1cc(NC(=O)N2CC(c3ccccc3Cl)C(c3ccc(C)cc3)=N2)cc2c1OC(C)(C)O2. The molecule has 8 heteroatoms. The standard InChI is InChI=1S/C27H26ClN3O4/c1-16-9-11-17(12-10-16)24-20(19-7-5-6-8-21(19)28)15-31(30-24)26(32)29-18-13-22(33-4)25-23(14-18)34-27(2,3)35-25/h5-14,20H,15H2,1-4H3,(H,29,32). The van der Waals surface area contributed by atoms with Crippen molar-refractivity contribution in [1.82, 2.24) is 5.01 Å². The van der Waals surface area contributed by atoms with Crippen molar-refractivity contribution in [3.63, 3.8) is 0 Å². The van der Waals surface area contributed by atoms with Crippen LogP contribution in [0.5, 0.6) is 17.2 Å². The highest BCUT2D eigenvalue weighted by Crippen LogP contribution is 2.48. The highest BCUT2D eigenvalue weighted by molar-refractivity contribution is 6.32. The number of methoxy groups -OCH3 is 1. The number of rotatable bonds is 4. The van der Waals surface area contributed by atoms with Gasteiger partial charge in [0.1, 0.15) is 0 Å². The summed E-state index contributed by atoms with van der Waals surface area (Å²) >= 11 is 6.54. The predicted octanol–water partition coefficient (Wildman–Crippen LogP) is 6.20. The van der Waals surface area contributed by atoms with Crippen LogP contribution in [0.1, 0.15) is 36.5 Å². The van der Waals surface area contributed by atoms with Gasteiger partial charge in [0.05, 0.1) is 25.1 Å². The molecule has 0 aliphatic carbocycles. The fourth-order valence-corrected chi connectivity index (χ4v) is 4.58. The molecule has 0 fully saturated rings. The third-order valence-electron chi connectivity index (χ3n) is 5.97. The van der Waals surface area contributed by atoms with Gasteiger partial charge in [0.15, 0.2) is 11.5 Å². The zero-order chi connectivity index (χ0) is 24.7. The predicted molar refractivity (Wildman–Crippen MR) is 136 cm³/mol. The normalized spacial score (nSPS) is 17.8. The highest BCUT2D eigenvalue weighted by atomic mass is 35.5. The van der Waals surface area contributed by atoms with Gasteiger partial charge in [-0.1, -0.05) is 59.6 Å². The van der Waals surface area contributed by atoms with Gasteiger partial charge in [-0.25, -0.2) is 9.80 Å². The molecule has 3 aromatic rings. The van der Waals surface area contributed by atoms with E-state index in [0.717, 1.165) is 22.4 Å². The second kappa shape index (κ2) is 8.82. The van der Waals surface area contributed by atoms with Gasteiger partial charge in [-0.05, 0) is 24.1 Å². The lowest BCUT2D eigenvalue weighted by Gasteiger charge is -2.17. The van der Waals surface area contributed by atoms with Crippen LogP contribution in [0.15, 0.2) is 65.8 Å². The summed E-state index contributed by atoms with van der Waals surface area (Å²) in [6, 6.07) is 18.8. The van der Waals surface area contributed by atoms with E-state index in [4.69, 9.17) is 30.9 Å². The number of carbonyl (C=O) groups is 1. The number of carbonyl (C=O) groups excluding carboxylic acids is 1. The van der Waals surface area contributed by atoms with Gasteiger partial charge in [0, 0.05) is 36.9 Å². The Morgan fingerprint density at radius 2 is 1.89 bits per heavy atom. The fourth-order valence-electron chi connectivity index (χ4n) is 4.31. The fraction of sp³-hybridized carbons (Fsp3) is 0.259. The lowest BCUT2D eigenvalue weighted by molar-refractivity contribution is -0.0439. The van der Waals surface area contributed by atoms with Crippen molar-refractivity contribution in [1.29, 1.82) is 0 Å². The Balaban J connectivity index is 1.44. The summed E-state index contributed by atoms with van der Waals surface area (Å²) in [5, 5.41) is 9.70. The molecule has 1 N–H and O–H groups in total. The molecular formula is C27H26ClN3O4. The molecule has 180 valence electrons. The zero-order valence-corrected chi connectivity index (χ0v) is 20.7. The molecule has 35 heavy (non-hydrogen) atoms. The van der Waals surface area contributed by atoms with Crippen molar-refractivity contribution in [3.8, 4) is 17.2 Å². The number of ether oxygens (including phenoxy) is 3. The van der Waals surface area contributed by atoms with E-state index >= 15 is 0 Å². The van der Waals surface area contributed by atoms with Crippen LogP contribution >= 0.6 is 11.6 Å². The first kappa shape index (κ1) is 23.1. The van der Waals surface area contributed by atoms with Crippen molar-refractivity contribution >= 4 is 29.0 Å². The maximum atomic E-state index is 13.3. The molecule has 5 rings (SSSR count). The molecule has 7 nitrogen and oxygen atoms in total. The molecule has 0 saturated carbocycles. The summed E-state index contributed by atoms with van der Waals surface area (Å²) < 4.78 is 17.1. The van der Waals surface area contributed by atoms with Crippen LogP contribution in [-0.4, -0.2) is 36.2 Å². The molecule has 1 atom stereocenters. The summed E-state index contributed by atoms with van der Waals surface area (Å²) in [5.41, 5.74) is 4.33. The first-order chi connectivity index (χ1) is 16.7. The molecule has 2 aliphatic heterocycles. The Kier molecular flexibility index (Phi) is 5.81. The van der Waals surface area contributed by atoms with Crippen molar-refractivity contribution in [2.24, 2.45) is 5.10 Å². The number of hydrazone groups is 1. The van der Waals surface area contributed by atoms with Crippen molar-refractivity contribution < 1.29 is 19.0 Å². The van der Waals surface area contributed by atoms with E-state index in [1.54, 1.807) is 19.2 Å². The Hall–Kier alpha value is -3.71. The summed E-state index contributed by atoms with van der Waals surface area (Å²) in [5.74, 6) is 0.508. The minimum absolute atomic E-state index is 0.163. The van der Waals surface area contributed by atoms with Crippen LogP contribution in [0, 0.1) is 6.92 Å². The third kappa shape index (κ3) is 4.51. The van der Waals surface area contributed by atoms with Gasteiger partial charge in [-0.15, -0.1) is 0 Å². The molecule has 0 spiro atoms. The second-order valence-corrected chi connectivity index (χ2v) is 9.45. The van der Waals surface area contributed by atoms with Crippen LogP contribution in [-0.2, 0) is 0 Å². The number of nitrogens with zero attached hydrogens (tertiary/aromatic N) is 2. The van der Waals surface area contributed by atoms with Gasteiger partial charge in [0.2, 0.25) is 11.5 Å². The molecule has 0 bridgehead atoms. The summed E-state index contributed by atoms with van der Waals surface area (Å²) in [7, 11) is 1.54. The number of halogens is 1. The van der Waals surface area contributed by atoms with Crippen LogP contribution in [0.25, 0.3) is 0 Å². The van der Waals surface area contributed by atoms with E-state index < -0.39 is 5.79 Å². The van der Waals surface area contributed by atoms with Gasteiger partial charge in [-0.3, -0.25) is 0 Å². The average Bonchev–Trinajstić information content (AvgIpc) is 3.39. The maximum absolute atomic E-state index is 13.3. The first-order valence-electron chi connectivity index (χ1n) is 11.3. The number of urea groups is 1. The Bertz CT molecular complexity index is 1320. The number of benzene rings is 3. The molecule has 2 heterocycles. The van der Waals surface area contributed by atoms with Crippen LogP contribution in [0.4, 0.5) is 10.5 Å². The van der Waals surface area contributed by atoms with E-state index in [9.17, 15) is 4.79 Å². The molecule has 1 unspecified atom stereocenters. The van der Waals surface area contributed by atoms with Gasteiger partial charge in [0.25, 0.3) is 0 Å². The molecule has 0 saturated heterocycles. The number of hydrogen-bond donors (Lipinski definition) is 1. The van der Waals surface area contributed by atoms with Crippen LogP contribution in [0.3, 0.4) is 0 Å². The first-order valence-corrected chi connectivity index (χ1v) is 11.7. The topological polar surface area (TPSA) is 72.4 Å². The van der Waals surface area contributed by atoms with E-state index in [1.165, 1.54) is 5.01 Å². The Morgan fingerprint density at radius 3 is 2.60 bits per heavy atom. The zero-order valence-electron chi connectivity index (χ0n) is 20.0. The van der Waals surface area contributed by atoms with E-state index in [2.05, 4.69) is 5.32 Å². The average molecular weight is 492 g/mol. The van der Waals surface area contributed by atoms with Crippen LogP contribution in [0.2, 0.25) is 5.02 Å². The summed E-state index contributed by atoms with van der Waals surface area (Å²) in [6.45, 7) is 6.01. The number of fused-ring (bicyclic) bond motifs is 1.